The van der Waals surface area contributed by atoms with Gasteiger partial charge < -0.3 is 15.1 Å². The Kier molecular flexibility index (Phi) is 4.04. The van der Waals surface area contributed by atoms with Gasteiger partial charge in [-0.1, -0.05) is 25.7 Å². The van der Waals surface area contributed by atoms with Gasteiger partial charge in [-0.25, -0.2) is 0 Å². The Bertz CT molecular complexity index is 515. The summed E-state index contributed by atoms with van der Waals surface area (Å²) in [4.78, 5) is 14.3. The average molecular weight is 289 g/mol. The molecular formula is C17H23NO3. The molecule has 0 bridgehead atoms. The molecule has 1 saturated carbocycles. The second kappa shape index (κ2) is 5.96. The third-order valence-electron chi connectivity index (χ3n) is 5.11. The molecule has 21 heavy (non-hydrogen) atoms. The van der Waals surface area contributed by atoms with Gasteiger partial charge in [0.05, 0.1) is 5.56 Å². The highest BCUT2D eigenvalue weighted by atomic mass is 16.3. The fourth-order valence-corrected chi connectivity index (χ4v) is 3.87. The molecule has 2 aliphatic rings. The van der Waals surface area contributed by atoms with E-state index >= 15 is 0 Å². The van der Waals surface area contributed by atoms with E-state index in [1.807, 2.05) is 4.90 Å². The Hall–Kier alpha value is -1.71. The predicted octanol–water partition coefficient (Wildman–Crippen LogP) is 3.14. The van der Waals surface area contributed by atoms with Crippen molar-refractivity contribution in [3.8, 4) is 11.5 Å². The van der Waals surface area contributed by atoms with Crippen LogP contribution in [-0.4, -0.2) is 34.1 Å². The molecule has 4 heteroatoms. The summed E-state index contributed by atoms with van der Waals surface area (Å²) in [5.41, 5.74) is 0.284. The highest BCUT2D eigenvalue weighted by Gasteiger charge is 2.30. The normalized spacial score (nSPS) is 20.9. The minimum atomic E-state index is -0.141. The van der Waals surface area contributed by atoms with Crippen molar-refractivity contribution in [1.29, 1.82) is 0 Å². The van der Waals surface area contributed by atoms with E-state index in [0.717, 1.165) is 37.8 Å². The molecule has 0 unspecified atom stereocenters. The second-order valence-electron chi connectivity index (χ2n) is 6.38. The van der Waals surface area contributed by atoms with Crippen molar-refractivity contribution in [2.45, 2.75) is 38.5 Å². The maximum Gasteiger partial charge on any atom is 0.257 e. The van der Waals surface area contributed by atoms with Crippen LogP contribution in [-0.2, 0) is 0 Å². The van der Waals surface area contributed by atoms with Gasteiger partial charge in [0.1, 0.15) is 11.5 Å². The van der Waals surface area contributed by atoms with E-state index in [1.54, 1.807) is 0 Å². The van der Waals surface area contributed by atoms with Crippen LogP contribution in [0.25, 0.3) is 0 Å². The Morgan fingerprint density at radius 1 is 1.00 bits per heavy atom. The summed E-state index contributed by atoms with van der Waals surface area (Å²) in [6.07, 6.45) is 7.61. The lowest BCUT2D eigenvalue weighted by Crippen LogP contribution is -2.39. The molecule has 0 aromatic heterocycles. The Labute approximate surface area is 125 Å². The highest BCUT2D eigenvalue weighted by molar-refractivity contribution is 5.97. The standard InChI is InChI=1S/C17H23NO3/c19-14-5-6-15(16(20)11-14)17(21)18-9-7-13(8-10-18)12-3-1-2-4-12/h5-6,11-13,19-20H,1-4,7-10H2. The van der Waals surface area contributed by atoms with Crippen LogP contribution in [0.1, 0.15) is 48.9 Å². The van der Waals surface area contributed by atoms with Gasteiger partial charge in [-0.2, -0.15) is 0 Å². The third-order valence-corrected chi connectivity index (χ3v) is 5.11. The van der Waals surface area contributed by atoms with Gasteiger partial charge in [0, 0.05) is 19.2 Å². The summed E-state index contributed by atoms with van der Waals surface area (Å²) < 4.78 is 0. The summed E-state index contributed by atoms with van der Waals surface area (Å²) in [5.74, 6) is 1.34. The molecule has 3 rings (SSSR count). The lowest BCUT2D eigenvalue weighted by Gasteiger charge is -2.35. The minimum Gasteiger partial charge on any atom is -0.508 e. The van der Waals surface area contributed by atoms with Gasteiger partial charge >= 0.3 is 0 Å². The number of hydrogen-bond acceptors (Lipinski definition) is 3. The Morgan fingerprint density at radius 3 is 2.24 bits per heavy atom. The molecule has 2 N–H and O–H groups in total. The molecule has 1 aromatic carbocycles. The van der Waals surface area contributed by atoms with E-state index in [-0.39, 0.29) is 23.0 Å². The lowest BCUT2D eigenvalue weighted by atomic mass is 9.83. The van der Waals surface area contributed by atoms with Gasteiger partial charge in [0.2, 0.25) is 0 Å². The number of phenols is 2. The van der Waals surface area contributed by atoms with E-state index in [1.165, 1.54) is 43.9 Å². The van der Waals surface area contributed by atoms with E-state index in [4.69, 9.17) is 0 Å². The molecule has 114 valence electrons. The van der Waals surface area contributed by atoms with E-state index in [2.05, 4.69) is 0 Å². The first-order valence-electron chi connectivity index (χ1n) is 7.96. The Morgan fingerprint density at radius 2 is 1.62 bits per heavy atom. The zero-order valence-electron chi connectivity index (χ0n) is 12.3. The van der Waals surface area contributed by atoms with E-state index < -0.39 is 0 Å². The van der Waals surface area contributed by atoms with Crippen LogP contribution in [0.3, 0.4) is 0 Å². The summed E-state index contributed by atoms with van der Waals surface area (Å²) in [6.45, 7) is 1.56. The molecule has 2 fully saturated rings. The molecule has 0 spiro atoms. The Balaban J connectivity index is 1.62. The number of carbonyl (C=O) groups is 1. The molecule has 1 aliphatic heterocycles. The number of amides is 1. The molecular weight excluding hydrogens is 266 g/mol. The molecule has 4 nitrogen and oxygen atoms in total. The zero-order chi connectivity index (χ0) is 14.8. The number of nitrogens with zero attached hydrogens (tertiary/aromatic N) is 1. The van der Waals surface area contributed by atoms with Gasteiger partial charge in [0.15, 0.2) is 0 Å². The van der Waals surface area contributed by atoms with Crippen molar-refractivity contribution in [1.82, 2.24) is 4.90 Å². The fraction of sp³-hybridized carbons (Fsp3) is 0.588. The third kappa shape index (κ3) is 2.99. The first-order valence-corrected chi connectivity index (χ1v) is 7.96. The first-order chi connectivity index (χ1) is 10.1. The maximum atomic E-state index is 12.4. The molecule has 1 aromatic rings. The zero-order valence-corrected chi connectivity index (χ0v) is 12.3. The fourth-order valence-electron chi connectivity index (χ4n) is 3.87. The van der Waals surface area contributed by atoms with Crippen LogP contribution in [0.15, 0.2) is 18.2 Å². The van der Waals surface area contributed by atoms with Crippen LogP contribution in [0.2, 0.25) is 0 Å². The number of rotatable bonds is 2. The van der Waals surface area contributed by atoms with Crippen LogP contribution in [0.4, 0.5) is 0 Å². The van der Waals surface area contributed by atoms with E-state index in [9.17, 15) is 15.0 Å². The topological polar surface area (TPSA) is 60.8 Å². The van der Waals surface area contributed by atoms with Gasteiger partial charge in [-0.3, -0.25) is 4.79 Å². The first kappa shape index (κ1) is 14.2. The number of carbonyl (C=O) groups excluding carboxylic acids is 1. The van der Waals surface area contributed by atoms with Gasteiger partial charge in [-0.15, -0.1) is 0 Å². The summed E-state index contributed by atoms with van der Waals surface area (Å²) in [5, 5.41) is 19.1. The summed E-state index contributed by atoms with van der Waals surface area (Å²) in [6, 6.07) is 4.16. The number of hydrogen-bond donors (Lipinski definition) is 2. The van der Waals surface area contributed by atoms with Crippen molar-refractivity contribution >= 4 is 5.91 Å². The predicted molar refractivity (Wildman–Crippen MR) is 80.4 cm³/mol. The number of benzene rings is 1. The largest absolute Gasteiger partial charge is 0.508 e. The average Bonchev–Trinajstić information content (AvgIpc) is 3.01. The smallest absolute Gasteiger partial charge is 0.257 e. The SMILES string of the molecule is O=C(c1ccc(O)cc1O)N1CCC(C2CCCC2)CC1. The van der Waals surface area contributed by atoms with Crippen molar-refractivity contribution < 1.29 is 15.0 Å². The molecule has 1 aliphatic carbocycles. The maximum absolute atomic E-state index is 12.4. The minimum absolute atomic E-state index is 0.0241. The molecule has 1 amide bonds. The van der Waals surface area contributed by atoms with Crippen molar-refractivity contribution in [3.63, 3.8) is 0 Å². The van der Waals surface area contributed by atoms with Crippen molar-refractivity contribution in [2.24, 2.45) is 11.8 Å². The highest BCUT2D eigenvalue weighted by Crippen LogP contribution is 2.37. The quantitative estimate of drug-likeness (QED) is 0.879. The van der Waals surface area contributed by atoms with Crippen molar-refractivity contribution in [3.05, 3.63) is 23.8 Å². The summed E-state index contributed by atoms with van der Waals surface area (Å²) in [7, 11) is 0. The molecule has 0 radical (unpaired) electrons. The molecule has 1 saturated heterocycles. The number of aromatic hydroxyl groups is 2. The lowest BCUT2D eigenvalue weighted by molar-refractivity contribution is 0.0656. The number of likely N-dealkylation sites (tertiary alicyclic amines) is 1. The van der Waals surface area contributed by atoms with Gasteiger partial charge in [-0.05, 0) is 36.8 Å². The van der Waals surface area contributed by atoms with Crippen LogP contribution >= 0.6 is 0 Å². The summed E-state index contributed by atoms with van der Waals surface area (Å²) >= 11 is 0. The monoisotopic (exact) mass is 289 g/mol. The van der Waals surface area contributed by atoms with Crippen LogP contribution in [0.5, 0.6) is 11.5 Å². The second-order valence-corrected chi connectivity index (χ2v) is 6.38. The van der Waals surface area contributed by atoms with Crippen LogP contribution < -0.4 is 0 Å². The van der Waals surface area contributed by atoms with E-state index in [0.29, 0.717) is 0 Å². The number of phenolic OH excluding ortho intramolecular Hbond substituents is 2. The van der Waals surface area contributed by atoms with Crippen LogP contribution in [0, 0.1) is 11.8 Å². The molecule has 0 atom stereocenters. The number of piperidine rings is 1. The molecule has 1 heterocycles. The van der Waals surface area contributed by atoms with Gasteiger partial charge in [0.25, 0.3) is 5.91 Å². The van der Waals surface area contributed by atoms with Crippen molar-refractivity contribution in [2.75, 3.05) is 13.1 Å².